The van der Waals surface area contributed by atoms with Crippen LogP contribution in [-0.4, -0.2) is 11.0 Å². The monoisotopic (exact) mass is 247 g/mol. The average Bonchev–Trinajstić information content (AvgIpc) is 2.22. The van der Waals surface area contributed by atoms with Gasteiger partial charge in [0.25, 0.3) is 0 Å². The number of carbonyl (C=O) groups excluding carboxylic acids is 1. The van der Waals surface area contributed by atoms with Crippen LogP contribution >= 0.6 is 23.2 Å². The second-order valence-corrected chi connectivity index (χ2v) is 3.88. The molecule has 0 atom stereocenters. The first-order valence-corrected chi connectivity index (χ1v) is 5.20. The summed E-state index contributed by atoms with van der Waals surface area (Å²) in [6.45, 7) is 3.40. The molecule has 0 radical (unpaired) electrons. The Morgan fingerprint density at radius 3 is 2.67 bits per heavy atom. The van der Waals surface area contributed by atoms with Crippen molar-refractivity contribution in [2.24, 2.45) is 0 Å². The van der Waals surface area contributed by atoms with Crippen molar-refractivity contribution >= 4 is 34.8 Å². The normalized spacial score (nSPS) is 10.1. The number of carbonyl (C=O) groups is 1. The Morgan fingerprint density at radius 2 is 2.13 bits per heavy atom. The summed E-state index contributed by atoms with van der Waals surface area (Å²) in [5.41, 5.74) is 0.827. The SMILES string of the molecule is CCC(=O)Nc1cc(Cl)c(C)c(Cl)c1O. The highest BCUT2D eigenvalue weighted by atomic mass is 35.5. The maximum Gasteiger partial charge on any atom is 0.224 e. The number of hydrogen-bond acceptors (Lipinski definition) is 2. The highest BCUT2D eigenvalue weighted by molar-refractivity contribution is 6.37. The molecule has 0 bridgehead atoms. The minimum Gasteiger partial charge on any atom is -0.504 e. The molecule has 1 rings (SSSR count). The van der Waals surface area contributed by atoms with Gasteiger partial charge in [0.05, 0.1) is 10.7 Å². The van der Waals surface area contributed by atoms with E-state index in [0.29, 0.717) is 17.0 Å². The van der Waals surface area contributed by atoms with Crippen molar-refractivity contribution in [3.05, 3.63) is 21.7 Å². The third kappa shape index (κ3) is 2.55. The molecule has 0 saturated carbocycles. The molecule has 0 aliphatic heterocycles. The molecule has 1 amide bonds. The third-order valence-electron chi connectivity index (χ3n) is 2.02. The van der Waals surface area contributed by atoms with E-state index >= 15 is 0 Å². The van der Waals surface area contributed by atoms with Crippen LogP contribution in [0, 0.1) is 6.92 Å². The van der Waals surface area contributed by atoms with E-state index in [0.717, 1.165) is 0 Å². The third-order valence-corrected chi connectivity index (χ3v) is 2.87. The Labute approximate surface area is 98.0 Å². The molecule has 1 aromatic carbocycles. The van der Waals surface area contributed by atoms with Gasteiger partial charge in [-0.25, -0.2) is 0 Å². The van der Waals surface area contributed by atoms with Crippen molar-refractivity contribution < 1.29 is 9.90 Å². The van der Waals surface area contributed by atoms with Crippen LogP contribution in [0.4, 0.5) is 5.69 Å². The number of aromatic hydroxyl groups is 1. The van der Waals surface area contributed by atoms with Crippen LogP contribution < -0.4 is 5.32 Å². The van der Waals surface area contributed by atoms with Crippen LogP contribution in [0.1, 0.15) is 18.9 Å². The van der Waals surface area contributed by atoms with E-state index in [-0.39, 0.29) is 22.4 Å². The zero-order chi connectivity index (χ0) is 11.6. The smallest absolute Gasteiger partial charge is 0.224 e. The first-order chi connectivity index (χ1) is 6.97. The summed E-state index contributed by atoms with van der Waals surface area (Å²) < 4.78 is 0. The predicted molar refractivity (Wildman–Crippen MR) is 61.8 cm³/mol. The fourth-order valence-corrected chi connectivity index (χ4v) is 1.49. The molecule has 0 aliphatic carbocycles. The highest BCUT2D eigenvalue weighted by Gasteiger charge is 2.13. The summed E-state index contributed by atoms with van der Waals surface area (Å²) >= 11 is 11.7. The van der Waals surface area contributed by atoms with Gasteiger partial charge in [-0.2, -0.15) is 0 Å². The van der Waals surface area contributed by atoms with E-state index in [4.69, 9.17) is 23.2 Å². The van der Waals surface area contributed by atoms with E-state index in [1.54, 1.807) is 13.8 Å². The van der Waals surface area contributed by atoms with Crippen molar-refractivity contribution in [3.63, 3.8) is 0 Å². The summed E-state index contributed by atoms with van der Waals surface area (Å²) in [4.78, 5) is 11.1. The minimum atomic E-state index is -0.207. The Bertz CT molecular complexity index is 405. The van der Waals surface area contributed by atoms with Crippen molar-refractivity contribution in [3.8, 4) is 5.75 Å². The summed E-state index contributed by atoms with van der Waals surface area (Å²) in [7, 11) is 0. The predicted octanol–water partition coefficient (Wildman–Crippen LogP) is 3.36. The Kier molecular flexibility index (Phi) is 3.83. The van der Waals surface area contributed by atoms with Crippen LogP contribution in [0.3, 0.4) is 0 Å². The molecule has 1 aromatic rings. The lowest BCUT2D eigenvalue weighted by Crippen LogP contribution is -2.09. The average molecular weight is 248 g/mol. The highest BCUT2D eigenvalue weighted by Crippen LogP contribution is 2.38. The molecule has 15 heavy (non-hydrogen) atoms. The fourth-order valence-electron chi connectivity index (χ4n) is 1.04. The van der Waals surface area contributed by atoms with Gasteiger partial charge in [0.2, 0.25) is 5.91 Å². The molecule has 0 spiro atoms. The summed E-state index contributed by atoms with van der Waals surface area (Å²) in [6.07, 6.45) is 0.322. The van der Waals surface area contributed by atoms with Gasteiger partial charge in [-0.3, -0.25) is 4.79 Å². The van der Waals surface area contributed by atoms with Crippen LogP contribution in [0.25, 0.3) is 0 Å². The van der Waals surface area contributed by atoms with Crippen molar-refractivity contribution in [1.29, 1.82) is 0 Å². The zero-order valence-electron chi connectivity index (χ0n) is 8.40. The van der Waals surface area contributed by atoms with E-state index in [2.05, 4.69) is 5.32 Å². The minimum absolute atomic E-state index is 0.152. The lowest BCUT2D eigenvalue weighted by Gasteiger charge is -2.10. The Morgan fingerprint density at radius 1 is 1.53 bits per heavy atom. The van der Waals surface area contributed by atoms with Gasteiger partial charge in [0.15, 0.2) is 5.75 Å². The van der Waals surface area contributed by atoms with Gasteiger partial charge >= 0.3 is 0 Å². The topological polar surface area (TPSA) is 49.3 Å². The quantitative estimate of drug-likeness (QED) is 0.788. The molecule has 3 nitrogen and oxygen atoms in total. The molecule has 0 heterocycles. The number of phenols is 1. The van der Waals surface area contributed by atoms with Gasteiger partial charge in [-0.15, -0.1) is 0 Å². The molecule has 2 N–H and O–H groups in total. The van der Waals surface area contributed by atoms with E-state index in [9.17, 15) is 9.90 Å². The van der Waals surface area contributed by atoms with Gasteiger partial charge < -0.3 is 10.4 Å². The largest absolute Gasteiger partial charge is 0.504 e. The molecule has 0 unspecified atom stereocenters. The lowest BCUT2D eigenvalue weighted by atomic mass is 10.2. The second kappa shape index (κ2) is 4.73. The number of halogens is 2. The van der Waals surface area contributed by atoms with Crippen LogP contribution in [-0.2, 0) is 4.79 Å². The summed E-state index contributed by atoms with van der Waals surface area (Å²) in [5.74, 6) is -0.360. The zero-order valence-corrected chi connectivity index (χ0v) is 9.91. The molecular formula is C10H11Cl2NO2. The summed E-state index contributed by atoms with van der Waals surface area (Å²) in [5, 5.41) is 12.7. The van der Waals surface area contributed by atoms with Crippen LogP contribution in [0.2, 0.25) is 10.0 Å². The number of hydrogen-bond donors (Lipinski definition) is 2. The van der Waals surface area contributed by atoms with E-state index in [1.807, 2.05) is 0 Å². The van der Waals surface area contributed by atoms with Crippen molar-refractivity contribution in [2.75, 3.05) is 5.32 Å². The second-order valence-electron chi connectivity index (χ2n) is 3.10. The molecule has 0 saturated heterocycles. The molecule has 0 aromatic heterocycles. The number of amides is 1. The first kappa shape index (κ1) is 12.1. The van der Waals surface area contributed by atoms with Gasteiger partial charge in [0, 0.05) is 11.4 Å². The Hall–Kier alpha value is -0.930. The number of nitrogens with one attached hydrogen (secondary N) is 1. The Balaban J connectivity index is 3.15. The summed E-state index contributed by atoms with van der Waals surface area (Å²) in [6, 6.07) is 1.48. The maximum atomic E-state index is 11.1. The molecule has 0 aliphatic rings. The number of rotatable bonds is 2. The first-order valence-electron chi connectivity index (χ1n) is 4.44. The fraction of sp³-hybridized carbons (Fsp3) is 0.300. The lowest BCUT2D eigenvalue weighted by molar-refractivity contribution is -0.115. The number of benzene rings is 1. The number of anilines is 1. The van der Waals surface area contributed by atoms with Gasteiger partial charge in [-0.05, 0) is 18.6 Å². The number of phenolic OH excluding ortho intramolecular Hbond substituents is 1. The molecule has 82 valence electrons. The van der Waals surface area contributed by atoms with E-state index in [1.165, 1.54) is 6.07 Å². The van der Waals surface area contributed by atoms with Crippen molar-refractivity contribution in [2.45, 2.75) is 20.3 Å². The van der Waals surface area contributed by atoms with Crippen LogP contribution in [0.5, 0.6) is 5.75 Å². The molecular weight excluding hydrogens is 237 g/mol. The van der Waals surface area contributed by atoms with Crippen molar-refractivity contribution in [1.82, 2.24) is 0 Å². The van der Waals surface area contributed by atoms with Crippen LogP contribution in [0.15, 0.2) is 6.07 Å². The van der Waals surface area contributed by atoms with Gasteiger partial charge in [-0.1, -0.05) is 30.1 Å². The molecule has 5 heteroatoms. The standard InChI is InChI=1S/C10H11Cl2NO2/c1-3-8(14)13-7-4-6(11)5(2)9(12)10(7)15/h4,15H,3H2,1-2H3,(H,13,14). The van der Waals surface area contributed by atoms with Gasteiger partial charge in [0.1, 0.15) is 0 Å². The molecule has 0 fully saturated rings. The maximum absolute atomic E-state index is 11.1. The van der Waals surface area contributed by atoms with E-state index < -0.39 is 0 Å².